The normalized spacial score (nSPS) is 16.3. The zero-order valence-electron chi connectivity index (χ0n) is 13.3. The van der Waals surface area contributed by atoms with Gasteiger partial charge in [0.15, 0.2) is 0 Å². The number of amides is 2. The second kappa shape index (κ2) is 7.49. The molecule has 2 amide bonds. The van der Waals surface area contributed by atoms with Gasteiger partial charge in [0.05, 0.1) is 15.6 Å². The van der Waals surface area contributed by atoms with Crippen LogP contribution < -0.4 is 15.7 Å². The molecule has 1 heterocycles. The Bertz CT molecular complexity index is 878. The summed E-state index contributed by atoms with van der Waals surface area (Å²) in [5.41, 5.74) is 1.99. The van der Waals surface area contributed by atoms with Crippen molar-refractivity contribution in [1.82, 2.24) is 10.8 Å². The summed E-state index contributed by atoms with van der Waals surface area (Å²) in [5.74, 6) is -2.00. The number of nitrogens with one attached hydrogen (secondary N) is 2. The third-order valence-corrected chi connectivity index (χ3v) is 4.83. The third-order valence-electron chi connectivity index (χ3n) is 4.09. The summed E-state index contributed by atoms with van der Waals surface area (Å²) in [6, 6.07) is 8.12. The molecule has 1 atom stereocenters. The van der Waals surface area contributed by atoms with Crippen LogP contribution in [0.1, 0.15) is 16.8 Å². The molecule has 3 N–H and O–H groups in total. The van der Waals surface area contributed by atoms with Crippen molar-refractivity contribution < 1.29 is 19.2 Å². The number of hydrogen-bond donors (Lipinski definition) is 3. The lowest BCUT2D eigenvalue weighted by Crippen LogP contribution is -2.37. The van der Waals surface area contributed by atoms with E-state index in [0.29, 0.717) is 34.4 Å². The molecule has 0 radical (unpaired) electrons. The molecule has 2 aromatic rings. The van der Waals surface area contributed by atoms with Crippen molar-refractivity contribution in [3.63, 3.8) is 0 Å². The molecule has 1 unspecified atom stereocenters. The molecule has 0 saturated carbocycles. The van der Waals surface area contributed by atoms with Crippen molar-refractivity contribution in [2.45, 2.75) is 12.5 Å². The van der Waals surface area contributed by atoms with E-state index < -0.39 is 17.8 Å². The van der Waals surface area contributed by atoms with Gasteiger partial charge in [0.2, 0.25) is 5.91 Å². The highest BCUT2D eigenvalue weighted by Crippen LogP contribution is 2.35. The summed E-state index contributed by atoms with van der Waals surface area (Å²) in [6.07, 6.45) is 0.513. The first-order valence-electron chi connectivity index (χ1n) is 7.68. The summed E-state index contributed by atoms with van der Waals surface area (Å²) in [4.78, 5) is 25.3. The van der Waals surface area contributed by atoms with Crippen molar-refractivity contribution in [2.75, 3.05) is 11.4 Å². The average Bonchev–Trinajstić information content (AvgIpc) is 3.03. The van der Waals surface area contributed by atoms with Gasteiger partial charge >= 0.3 is 0 Å². The van der Waals surface area contributed by atoms with E-state index in [4.69, 9.17) is 28.4 Å². The van der Waals surface area contributed by atoms with Crippen LogP contribution in [0.3, 0.4) is 0 Å². The highest BCUT2D eigenvalue weighted by atomic mass is 35.5. The van der Waals surface area contributed by atoms with Gasteiger partial charge in [-0.05, 0) is 42.8 Å². The van der Waals surface area contributed by atoms with Gasteiger partial charge in [-0.25, -0.2) is 9.87 Å². The molecule has 1 aliphatic rings. The van der Waals surface area contributed by atoms with Crippen molar-refractivity contribution in [2.24, 2.45) is 0 Å². The molecule has 1 saturated heterocycles. The molecule has 26 heavy (non-hydrogen) atoms. The molecule has 2 aromatic carbocycles. The molecule has 9 heteroatoms. The molecule has 0 aromatic heterocycles. The van der Waals surface area contributed by atoms with E-state index >= 15 is 0 Å². The summed E-state index contributed by atoms with van der Waals surface area (Å²) >= 11 is 12.1. The fourth-order valence-corrected chi connectivity index (χ4v) is 3.16. The van der Waals surface area contributed by atoms with Crippen LogP contribution in [0.5, 0.6) is 0 Å². The van der Waals surface area contributed by atoms with Gasteiger partial charge in [0, 0.05) is 17.9 Å². The van der Waals surface area contributed by atoms with Crippen LogP contribution in [-0.2, 0) is 4.79 Å². The predicted molar refractivity (Wildman–Crippen MR) is 95.7 cm³/mol. The first kappa shape index (κ1) is 18.4. The maximum absolute atomic E-state index is 14.3. The molecule has 3 rings (SSSR count). The number of halogens is 3. The molecular weight excluding hydrogens is 384 g/mol. The minimum Gasteiger partial charge on any atom is -0.354 e. The summed E-state index contributed by atoms with van der Waals surface area (Å²) in [7, 11) is 0. The van der Waals surface area contributed by atoms with Crippen LogP contribution in [0.4, 0.5) is 15.8 Å². The van der Waals surface area contributed by atoms with E-state index in [-0.39, 0.29) is 11.5 Å². The maximum Gasteiger partial charge on any atom is 0.277 e. The Labute approximate surface area is 158 Å². The highest BCUT2D eigenvalue weighted by Gasteiger charge is 2.32. The summed E-state index contributed by atoms with van der Waals surface area (Å²) in [6.45, 7) is 0.495. The zero-order valence-corrected chi connectivity index (χ0v) is 14.8. The van der Waals surface area contributed by atoms with Crippen molar-refractivity contribution in [3.05, 3.63) is 57.8 Å². The van der Waals surface area contributed by atoms with E-state index in [1.807, 2.05) is 0 Å². The Balaban J connectivity index is 2.09. The Morgan fingerprint density at radius 2 is 1.88 bits per heavy atom. The highest BCUT2D eigenvalue weighted by molar-refractivity contribution is 6.42. The molecular formula is C17H14Cl2FN3O3. The fourth-order valence-electron chi connectivity index (χ4n) is 2.87. The van der Waals surface area contributed by atoms with Gasteiger partial charge in [-0.2, -0.15) is 0 Å². The molecule has 1 fully saturated rings. The summed E-state index contributed by atoms with van der Waals surface area (Å²) in [5, 5.41) is 12.1. The minimum absolute atomic E-state index is 0.200. The van der Waals surface area contributed by atoms with Crippen LogP contribution in [0.2, 0.25) is 10.0 Å². The maximum atomic E-state index is 14.3. The monoisotopic (exact) mass is 397 g/mol. The lowest BCUT2D eigenvalue weighted by molar-refractivity contribution is -0.120. The zero-order chi connectivity index (χ0) is 18.8. The van der Waals surface area contributed by atoms with E-state index in [1.54, 1.807) is 23.1 Å². The van der Waals surface area contributed by atoms with Crippen molar-refractivity contribution >= 4 is 46.4 Å². The predicted octanol–water partition coefficient (Wildman–Crippen LogP) is 3.28. The minimum atomic E-state index is -0.964. The second-order valence-corrected chi connectivity index (χ2v) is 6.48. The van der Waals surface area contributed by atoms with Gasteiger partial charge in [-0.15, -0.1) is 0 Å². The van der Waals surface area contributed by atoms with Crippen LogP contribution in [-0.4, -0.2) is 29.6 Å². The summed E-state index contributed by atoms with van der Waals surface area (Å²) < 4.78 is 14.3. The number of nitrogens with zero attached hydrogens (tertiary/aromatic N) is 1. The van der Waals surface area contributed by atoms with E-state index in [1.165, 1.54) is 17.6 Å². The van der Waals surface area contributed by atoms with E-state index in [2.05, 4.69) is 5.32 Å². The van der Waals surface area contributed by atoms with Gasteiger partial charge < -0.3 is 10.2 Å². The van der Waals surface area contributed by atoms with Gasteiger partial charge in [-0.1, -0.05) is 23.2 Å². The Hall–Kier alpha value is -2.35. The van der Waals surface area contributed by atoms with Crippen LogP contribution in [0.15, 0.2) is 36.4 Å². The molecule has 0 spiro atoms. The number of carbonyl (C=O) groups is 2. The quantitative estimate of drug-likeness (QED) is 0.546. The molecule has 1 aliphatic heterocycles. The average molecular weight is 398 g/mol. The number of carbonyl (C=O) groups excluding carboxylic acids is 2. The Kier molecular flexibility index (Phi) is 5.31. The van der Waals surface area contributed by atoms with Gasteiger partial charge in [0.1, 0.15) is 11.9 Å². The second-order valence-electron chi connectivity index (χ2n) is 5.67. The van der Waals surface area contributed by atoms with Gasteiger partial charge in [0.25, 0.3) is 5.91 Å². The topological polar surface area (TPSA) is 81.7 Å². The van der Waals surface area contributed by atoms with Crippen LogP contribution in [0, 0.1) is 5.82 Å². The largest absolute Gasteiger partial charge is 0.354 e. The number of rotatable bonds is 4. The van der Waals surface area contributed by atoms with Crippen molar-refractivity contribution in [1.29, 1.82) is 0 Å². The lowest BCUT2D eigenvalue weighted by atomic mass is 10.1. The number of hydroxylamine groups is 1. The first-order chi connectivity index (χ1) is 12.4. The lowest BCUT2D eigenvalue weighted by Gasteiger charge is -2.30. The molecule has 0 aliphatic carbocycles. The Morgan fingerprint density at radius 3 is 2.46 bits per heavy atom. The van der Waals surface area contributed by atoms with Crippen molar-refractivity contribution in [3.8, 4) is 0 Å². The standard InChI is InChI=1S/C17H14Cl2FN3O3/c18-12-4-2-9(7-13(12)19)23(15-5-6-21-17(15)25)10-1-3-11(14(20)8-10)16(24)22-26/h1-4,7-8,15,26H,5-6H2,(H,21,25)(H,22,24). The first-order valence-corrected chi connectivity index (χ1v) is 8.44. The van der Waals surface area contributed by atoms with Crippen LogP contribution in [0.25, 0.3) is 0 Å². The van der Waals surface area contributed by atoms with Gasteiger partial charge in [-0.3, -0.25) is 14.8 Å². The molecule has 6 nitrogen and oxygen atoms in total. The van der Waals surface area contributed by atoms with E-state index in [0.717, 1.165) is 6.07 Å². The van der Waals surface area contributed by atoms with E-state index in [9.17, 15) is 14.0 Å². The number of benzene rings is 2. The fraction of sp³-hybridized carbons (Fsp3) is 0.176. The number of hydrogen-bond acceptors (Lipinski definition) is 4. The van der Waals surface area contributed by atoms with Crippen LogP contribution >= 0.6 is 23.2 Å². The molecule has 136 valence electrons. The third kappa shape index (κ3) is 3.46. The number of anilines is 2. The SMILES string of the molecule is O=C(NO)c1ccc(N(c2ccc(Cl)c(Cl)c2)C2CCNC2=O)cc1F. The Morgan fingerprint density at radius 1 is 1.19 bits per heavy atom. The molecule has 0 bridgehead atoms. The smallest absolute Gasteiger partial charge is 0.277 e.